The van der Waals surface area contributed by atoms with Gasteiger partial charge in [0.2, 0.25) is 5.91 Å². The lowest BCUT2D eigenvalue weighted by molar-refractivity contribution is -0.122. The van der Waals surface area contributed by atoms with Crippen LogP contribution in [0.3, 0.4) is 0 Å². The first-order chi connectivity index (χ1) is 16.3. The number of unbranched alkanes of at least 4 members (excludes halogenated alkanes) is 3. The zero-order chi connectivity index (χ0) is 24.9. The van der Waals surface area contributed by atoms with Crippen molar-refractivity contribution >= 4 is 5.91 Å². The molecule has 34 heavy (non-hydrogen) atoms. The predicted octanol–water partition coefficient (Wildman–Crippen LogP) is 2.17. The SMILES string of the molecule is C[C@@H](C[C@@H](O)CCc1ccccc1)[C@@H]1[C@@H](CCCCCCC(=O)NC(CO)CO)[C@@H](O)C[C@H]1O. The van der Waals surface area contributed by atoms with Crippen molar-refractivity contribution in [2.75, 3.05) is 13.2 Å². The van der Waals surface area contributed by atoms with Crippen molar-refractivity contribution < 1.29 is 30.3 Å². The van der Waals surface area contributed by atoms with E-state index in [-0.39, 0.29) is 36.9 Å². The molecule has 0 spiro atoms. The Morgan fingerprint density at radius 1 is 1.03 bits per heavy atom. The van der Waals surface area contributed by atoms with Gasteiger partial charge in [-0.25, -0.2) is 0 Å². The van der Waals surface area contributed by atoms with Gasteiger partial charge in [-0.3, -0.25) is 4.79 Å². The van der Waals surface area contributed by atoms with Crippen LogP contribution < -0.4 is 5.32 Å². The molecule has 6 atom stereocenters. The lowest BCUT2D eigenvalue weighted by Gasteiger charge is -2.30. The molecule has 0 aliphatic heterocycles. The summed E-state index contributed by atoms with van der Waals surface area (Å²) in [7, 11) is 0. The van der Waals surface area contributed by atoms with Crippen LogP contribution in [0.1, 0.15) is 70.3 Å². The minimum Gasteiger partial charge on any atom is -0.394 e. The van der Waals surface area contributed by atoms with Crippen LogP contribution in [0, 0.1) is 17.8 Å². The summed E-state index contributed by atoms with van der Waals surface area (Å²) in [6.45, 7) is 1.53. The van der Waals surface area contributed by atoms with Crippen LogP contribution in [0.2, 0.25) is 0 Å². The molecule has 0 bridgehead atoms. The van der Waals surface area contributed by atoms with Gasteiger partial charge in [0, 0.05) is 6.42 Å². The van der Waals surface area contributed by atoms with Gasteiger partial charge in [0.1, 0.15) is 0 Å². The van der Waals surface area contributed by atoms with Crippen molar-refractivity contribution in [3.8, 4) is 0 Å². The number of amides is 1. The number of aliphatic hydroxyl groups is 5. The summed E-state index contributed by atoms with van der Waals surface area (Å²) in [5, 5.41) is 52.4. The first kappa shape index (κ1) is 28.7. The number of carbonyl (C=O) groups is 1. The third kappa shape index (κ3) is 9.62. The fourth-order valence-corrected chi connectivity index (χ4v) is 5.46. The first-order valence-corrected chi connectivity index (χ1v) is 12.9. The van der Waals surface area contributed by atoms with E-state index in [0.717, 1.165) is 38.5 Å². The van der Waals surface area contributed by atoms with E-state index in [9.17, 15) is 20.1 Å². The Hall–Kier alpha value is -1.51. The maximum absolute atomic E-state index is 11.8. The van der Waals surface area contributed by atoms with Gasteiger partial charge in [-0.2, -0.15) is 0 Å². The van der Waals surface area contributed by atoms with E-state index in [4.69, 9.17) is 10.2 Å². The topological polar surface area (TPSA) is 130 Å². The zero-order valence-electron chi connectivity index (χ0n) is 20.6. The first-order valence-electron chi connectivity index (χ1n) is 12.9. The van der Waals surface area contributed by atoms with Crippen LogP contribution in [0.25, 0.3) is 0 Å². The van der Waals surface area contributed by atoms with Gasteiger partial charge in [-0.05, 0) is 61.8 Å². The third-order valence-corrected chi connectivity index (χ3v) is 7.32. The fraction of sp³-hybridized carbons (Fsp3) is 0.741. The molecule has 1 amide bonds. The molecule has 1 aliphatic rings. The van der Waals surface area contributed by atoms with Crippen LogP contribution in [0.15, 0.2) is 30.3 Å². The van der Waals surface area contributed by atoms with E-state index in [2.05, 4.69) is 24.4 Å². The number of aliphatic hydroxyl groups excluding tert-OH is 5. The lowest BCUT2D eigenvalue weighted by Crippen LogP contribution is -2.39. The molecule has 7 nitrogen and oxygen atoms in total. The second-order valence-corrected chi connectivity index (χ2v) is 10.1. The van der Waals surface area contributed by atoms with E-state index < -0.39 is 24.4 Å². The van der Waals surface area contributed by atoms with Crippen molar-refractivity contribution in [1.82, 2.24) is 5.32 Å². The van der Waals surface area contributed by atoms with Crippen molar-refractivity contribution in [2.24, 2.45) is 17.8 Å². The molecule has 0 saturated heterocycles. The molecule has 194 valence electrons. The number of nitrogens with one attached hydrogen (secondary N) is 1. The molecule has 0 heterocycles. The van der Waals surface area contributed by atoms with Gasteiger partial charge >= 0.3 is 0 Å². The summed E-state index contributed by atoms with van der Waals surface area (Å²) in [4.78, 5) is 11.8. The number of hydrogen-bond donors (Lipinski definition) is 6. The minimum atomic E-state index is -0.599. The average molecular weight is 480 g/mol. The Kier molecular flexibility index (Phi) is 13.1. The molecule has 1 aromatic rings. The summed E-state index contributed by atoms with van der Waals surface area (Å²) >= 11 is 0. The standard InChI is InChI=1S/C27H45NO6/c1-19(15-22(31)14-13-20-9-5-4-6-10-20)27-23(24(32)16-25(27)33)11-7-2-3-8-12-26(34)28-21(17-29)18-30/h4-6,9-10,19,21-25,27,29-33H,2-3,7-8,11-18H2,1H3,(H,28,34)/t19-,22-,23-,24-,25+,27+/m0/s1. The van der Waals surface area contributed by atoms with E-state index in [1.807, 2.05) is 18.2 Å². The van der Waals surface area contributed by atoms with Crippen LogP contribution in [0.4, 0.5) is 0 Å². The van der Waals surface area contributed by atoms with Crippen LogP contribution in [-0.4, -0.2) is 69.0 Å². The molecule has 6 N–H and O–H groups in total. The largest absolute Gasteiger partial charge is 0.394 e. The van der Waals surface area contributed by atoms with Gasteiger partial charge in [-0.1, -0.05) is 56.5 Å². The Morgan fingerprint density at radius 2 is 1.71 bits per heavy atom. The highest BCUT2D eigenvalue weighted by Gasteiger charge is 2.43. The predicted molar refractivity (Wildman–Crippen MR) is 132 cm³/mol. The Bertz CT molecular complexity index is 683. The number of carbonyl (C=O) groups excluding carboxylic acids is 1. The monoisotopic (exact) mass is 479 g/mol. The maximum atomic E-state index is 11.8. The zero-order valence-corrected chi connectivity index (χ0v) is 20.6. The van der Waals surface area contributed by atoms with Crippen molar-refractivity contribution in [3.63, 3.8) is 0 Å². The third-order valence-electron chi connectivity index (χ3n) is 7.32. The highest BCUT2D eigenvalue weighted by molar-refractivity contribution is 5.76. The van der Waals surface area contributed by atoms with E-state index in [0.29, 0.717) is 25.7 Å². The molecule has 7 heteroatoms. The number of benzene rings is 1. The van der Waals surface area contributed by atoms with E-state index in [1.54, 1.807) is 0 Å². The average Bonchev–Trinajstić information content (AvgIpc) is 3.11. The van der Waals surface area contributed by atoms with Crippen molar-refractivity contribution in [1.29, 1.82) is 0 Å². The molecule has 0 aromatic heterocycles. The molecule has 1 aromatic carbocycles. The second kappa shape index (κ2) is 15.5. The van der Waals surface area contributed by atoms with Gasteiger partial charge in [0.15, 0.2) is 0 Å². The highest BCUT2D eigenvalue weighted by Crippen LogP contribution is 2.42. The molecule has 2 rings (SSSR count). The summed E-state index contributed by atoms with van der Waals surface area (Å²) < 4.78 is 0. The van der Waals surface area contributed by atoms with Crippen LogP contribution >= 0.6 is 0 Å². The molecular formula is C27H45NO6. The minimum absolute atomic E-state index is 0.0129. The fourth-order valence-electron chi connectivity index (χ4n) is 5.46. The Balaban J connectivity index is 1.70. The highest BCUT2D eigenvalue weighted by atomic mass is 16.3. The summed E-state index contributed by atoms with van der Waals surface area (Å²) in [6, 6.07) is 9.53. The smallest absolute Gasteiger partial charge is 0.220 e. The summed E-state index contributed by atoms with van der Waals surface area (Å²) in [5.41, 5.74) is 1.21. The normalized spacial score (nSPS) is 24.3. The van der Waals surface area contributed by atoms with Gasteiger partial charge in [0.25, 0.3) is 0 Å². The number of hydrogen-bond acceptors (Lipinski definition) is 6. The van der Waals surface area contributed by atoms with Gasteiger partial charge in [0.05, 0.1) is 37.6 Å². The summed E-state index contributed by atoms with van der Waals surface area (Å²) in [5.74, 6) is -0.0229. The second-order valence-electron chi connectivity index (χ2n) is 10.1. The molecule has 0 radical (unpaired) electrons. The van der Waals surface area contributed by atoms with E-state index >= 15 is 0 Å². The van der Waals surface area contributed by atoms with Gasteiger partial charge < -0.3 is 30.8 Å². The number of rotatable bonds is 16. The number of aryl methyl sites for hydroxylation is 1. The Labute approximate surface area is 204 Å². The lowest BCUT2D eigenvalue weighted by atomic mass is 9.78. The van der Waals surface area contributed by atoms with Crippen LogP contribution in [-0.2, 0) is 11.2 Å². The van der Waals surface area contributed by atoms with Crippen molar-refractivity contribution in [3.05, 3.63) is 35.9 Å². The maximum Gasteiger partial charge on any atom is 0.220 e. The Morgan fingerprint density at radius 3 is 2.38 bits per heavy atom. The molecule has 1 aliphatic carbocycles. The molecule has 1 saturated carbocycles. The van der Waals surface area contributed by atoms with Crippen LogP contribution in [0.5, 0.6) is 0 Å². The molecular weight excluding hydrogens is 434 g/mol. The molecule has 0 unspecified atom stereocenters. The molecule has 1 fully saturated rings. The quantitative estimate of drug-likeness (QED) is 0.202. The van der Waals surface area contributed by atoms with Crippen molar-refractivity contribution in [2.45, 2.75) is 95.5 Å². The summed E-state index contributed by atoms with van der Waals surface area (Å²) in [6.07, 6.45) is 5.74. The van der Waals surface area contributed by atoms with Gasteiger partial charge in [-0.15, -0.1) is 0 Å². The van der Waals surface area contributed by atoms with E-state index in [1.165, 1.54) is 5.56 Å².